The van der Waals surface area contributed by atoms with Gasteiger partial charge >= 0.3 is 0 Å². The van der Waals surface area contributed by atoms with Crippen LogP contribution in [-0.2, 0) is 11.3 Å². The summed E-state index contributed by atoms with van der Waals surface area (Å²) in [5.74, 6) is 0. The van der Waals surface area contributed by atoms with E-state index >= 15 is 0 Å². The van der Waals surface area contributed by atoms with Gasteiger partial charge in [0, 0.05) is 37.7 Å². The molecule has 0 amide bonds. The van der Waals surface area contributed by atoms with Gasteiger partial charge in [0.2, 0.25) is 0 Å². The molecule has 0 aromatic heterocycles. The number of morpholine rings is 1. The van der Waals surface area contributed by atoms with Gasteiger partial charge in [0.15, 0.2) is 0 Å². The number of nitrogens with zero attached hydrogens (tertiary/aromatic N) is 1. The molecule has 0 unspecified atom stereocenters. The van der Waals surface area contributed by atoms with Crippen molar-refractivity contribution in [2.24, 2.45) is 0 Å². The molecule has 1 fully saturated rings. The van der Waals surface area contributed by atoms with Crippen LogP contribution in [0, 0.1) is 6.92 Å². The Morgan fingerprint density at radius 3 is 2.83 bits per heavy atom. The minimum absolute atomic E-state index is 0.850. The molecule has 0 radical (unpaired) electrons. The van der Waals surface area contributed by atoms with E-state index in [2.05, 4.69) is 22.3 Å². The summed E-state index contributed by atoms with van der Waals surface area (Å²) < 4.78 is 5.32. The smallest absolute Gasteiger partial charge is 0.0594 e. The number of nitrogens with one attached hydrogen (secondary N) is 1. The van der Waals surface area contributed by atoms with Gasteiger partial charge in [0.25, 0.3) is 0 Å². The van der Waals surface area contributed by atoms with Crippen molar-refractivity contribution >= 4 is 11.6 Å². The summed E-state index contributed by atoms with van der Waals surface area (Å²) in [6.07, 6.45) is 0. The number of aryl methyl sites for hydroxylation is 1. The van der Waals surface area contributed by atoms with E-state index in [1.54, 1.807) is 0 Å². The van der Waals surface area contributed by atoms with E-state index < -0.39 is 0 Å². The Hall–Kier alpha value is -0.610. The van der Waals surface area contributed by atoms with Crippen LogP contribution in [-0.4, -0.2) is 44.3 Å². The van der Waals surface area contributed by atoms with Crippen LogP contribution in [0.15, 0.2) is 18.2 Å². The third-order valence-corrected chi connectivity index (χ3v) is 3.68. The first-order valence-corrected chi connectivity index (χ1v) is 6.89. The lowest BCUT2D eigenvalue weighted by atomic mass is 10.1. The summed E-state index contributed by atoms with van der Waals surface area (Å²) in [7, 11) is 0. The van der Waals surface area contributed by atoms with Gasteiger partial charge in [-0.1, -0.05) is 23.7 Å². The number of rotatable bonds is 5. The summed E-state index contributed by atoms with van der Waals surface area (Å²) in [5, 5.41) is 4.30. The zero-order chi connectivity index (χ0) is 12.8. The predicted octanol–water partition coefficient (Wildman–Crippen LogP) is 2.07. The lowest BCUT2D eigenvalue weighted by Crippen LogP contribution is -2.40. The highest BCUT2D eigenvalue weighted by Crippen LogP contribution is 2.16. The molecule has 1 aromatic carbocycles. The number of halogens is 1. The van der Waals surface area contributed by atoms with Crippen LogP contribution in [0.1, 0.15) is 11.1 Å². The molecule has 0 saturated carbocycles. The maximum absolute atomic E-state index is 6.10. The first-order valence-electron chi connectivity index (χ1n) is 6.51. The van der Waals surface area contributed by atoms with E-state index in [4.69, 9.17) is 16.3 Å². The lowest BCUT2D eigenvalue weighted by Gasteiger charge is -2.26. The summed E-state index contributed by atoms with van der Waals surface area (Å²) in [6.45, 7) is 8.84. The van der Waals surface area contributed by atoms with Gasteiger partial charge in [-0.05, 0) is 24.1 Å². The fraction of sp³-hybridized carbons (Fsp3) is 0.571. The second-order valence-electron chi connectivity index (χ2n) is 4.71. The van der Waals surface area contributed by atoms with E-state index in [1.165, 1.54) is 5.56 Å². The minimum atomic E-state index is 0.850. The molecule has 0 atom stereocenters. The van der Waals surface area contributed by atoms with E-state index in [1.807, 2.05) is 13.0 Å². The number of hydrogen-bond donors (Lipinski definition) is 1. The Balaban J connectivity index is 1.66. The van der Waals surface area contributed by atoms with Crippen LogP contribution in [0.5, 0.6) is 0 Å². The molecule has 100 valence electrons. The second-order valence-corrected chi connectivity index (χ2v) is 5.12. The fourth-order valence-corrected chi connectivity index (χ4v) is 2.24. The van der Waals surface area contributed by atoms with E-state index in [-0.39, 0.29) is 0 Å². The summed E-state index contributed by atoms with van der Waals surface area (Å²) in [5.41, 5.74) is 2.38. The van der Waals surface area contributed by atoms with Crippen molar-refractivity contribution in [2.75, 3.05) is 39.4 Å². The minimum Gasteiger partial charge on any atom is -0.379 e. The fourth-order valence-electron chi connectivity index (χ4n) is 2.04. The summed E-state index contributed by atoms with van der Waals surface area (Å²) in [4.78, 5) is 2.43. The van der Waals surface area contributed by atoms with Crippen molar-refractivity contribution in [2.45, 2.75) is 13.5 Å². The van der Waals surface area contributed by atoms with Gasteiger partial charge in [-0.25, -0.2) is 0 Å². The molecular weight excluding hydrogens is 248 g/mol. The quantitative estimate of drug-likeness (QED) is 0.828. The molecule has 0 spiro atoms. The van der Waals surface area contributed by atoms with Crippen molar-refractivity contribution in [3.8, 4) is 0 Å². The molecule has 1 aromatic rings. The molecule has 4 heteroatoms. The second kappa shape index (κ2) is 7.10. The zero-order valence-electron chi connectivity index (χ0n) is 10.9. The van der Waals surface area contributed by atoms with Crippen LogP contribution in [0.25, 0.3) is 0 Å². The van der Waals surface area contributed by atoms with Gasteiger partial charge in [-0.3, -0.25) is 4.90 Å². The molecule has 0 aliphatic carbocycles. The highest BCUT2D eigenvalue weighted by Gasteiger charge is 2.08. The molecule has 1 heterocycles. The molecule has 2 rings (SSSR count). The zero-order valence-corrected chi connectivity index (χ0v) is 11.7. The van der Waals surface area contributed by atoms with Crippen molar-refractivity contribution in [1.29, 1.82) is 0 Å². The Morgan fingerprint density at radius 2 is 2.11 bits per heavy atom. The topological polar surface area (TPSA) is 24.5 Å². The van der Waals surface area contributed by atoms with Crippen LogP contribution in [0.4, 0.5) is 0 Å². The van der Waals surface area contributed by atoms with Crippen LogP contribution >= 0.6 is 11.6 Å². The lowest BCUT2D eigenvalue weighted by molar-refractivity contribution is 0.0384. The average molecular weight is 269 g/mol. The van der Waals surface area contributed by atoms with Crippen LogP contribution in [0.2, 0.25) is 5.02 Å². The van der Waals surface area contributed by atoms with E-state index in [9.17, 15) is 0 Å². The van der Waals surface area contributed by atoms with Gasteiger partial charge in [-0.2, -0.15) is 0 Å². The highest BCUT2D eigenvalue weighted by atomic mass is 35.5. The molecule has 1 aliphatic heterocycles. The molecule has 18 heavy (non-hydrogen) atoms. The first kappa shape index (κ1) is 13.8. The Labute approximate surface area is 114 Å². The molecule has 0 bridgehead atoms. The van der Waals surface area contributed by atoms with E-state index in [0.29, 0.717) is 0 Å². The average Bonchev–Trinajstić information content (AvgIpc) is 2.40. The van der Waals surface area contributed by atoms with Gasteiger partial charge in [-0.15, -0.1) is 0 Å². The normalized spacial score (nSPS) is 17.0. The number of ether oxygens (including phenoxy) is 1. The summed E-state index contributed by atoms with van der Waals surface area (Å²) >= 11 is 6.10. The Kier molecular flexibility index (Phi) is 5.45. The predicted molar refractivity (Wildman–Crippen MR) is 75.2 cm³/mol. The molecule has 3 nitrogen and oxygen atoms in total. The van der Waals surface area contributed by atoms with Gasteiger partial charge in [0.1, 0.15) is 0 Å². The monoisotopic (exact) mass is 268 g/mol. The van der Waals surface area contributed by atoms with Gasteiger partial charge in [0.05, 0.1) is 13.2 Å². The Morgan fingerprint density at radius 1 is 1.33 bits per heavy atom. The highest BCUT2D eigenvalue weighted by molar-refractivity contribution is 6.31. The maximum Gasteiger partial charge on any atom is 0.0594 e. The number of hydrogen-bond acceptors (Lipinski definition) is 3. The van der Waals surface area contributed by atoms with Crippen molar-refractivity contribution < 1.29 is 4.74 Å². The Bertz CT molecular complexity index is 378. The SMILES string of the molecule is Cc1ccc(CNCCN2CCOCC2)cc1Cl. The van der Waals surface area contributed by atoms with Crippen molar-refractivity contribution in [1.82, 2.24) is 10.2 Å². The molecule has 1 N–H and O–H groups in total. The van der Waals surface area contributed by atoms with Crippen molar-refractivity contribution in [3.05, 3.63) is 34.3 Å². The molecule has 1 aliphatic rings. The largest absolute Gasteiger partial charge is 0.379 e. The standard InChI is InChI=1S/C14H21ClN2O/c1-12-2-3-13(10-14(12)15)11-16-4-5-17-6-8-18-9-7-17/h2-3,10,16H,4-9,11H2,1H3. The van der Waals surface area contributed by atoms with Crippen LogP contribution < -0.4 is 5.32 Å². The van der Waals surface area contributed by atoms with Crippen LogP contribution in [0.3, 0.4) is 0 Å². The molecular formula is C14H21ClN2O. The third-order valence-electron chi connectivity index (χ3n) is 3.27. The van der Waals surface area contributed by atoms with E-state index in [0.717, 1.165) is 56.5 Å². The number of benzene rings is 1. The third kappa shape index (κ3) is 4.25. The first-order chi connectivity index (χ1) is 8.75. The maximum atomic E-state index is 6.10. The van der Waals surface area contributed by atoms with Gasteiger partial charge < -0.3 is 10.1 Å². The summed E-state index contributed by atoms with van der Waals surface area (Å²) in [6, 6.07) is 6.24. The molecule has 1 saturated heterocycles. The van der Waals surface area contributed by atoms with Crippen molar-refractivity contribution in [3.63, 3.8) is 0 Å².